The minimum absolute atomic E-state index is 0.292. The summed E-state index contributed by atoms with van der Waals surface area (Å²) < 4.78 is 32.9. The van der Waals surface area contributed by atoms with Gasteiger partial charge in [0.15, 0.2) is 11.6 Å². The molecule has 0 unspecified atom stereocenters. The van der Waals surface area contributed by atoms with Crippen LogP contribution in [0.5, 0.6) is 5.75 Å². The molecule has 3 aromatic rings. The largest absolute Gasteiger partial charge is 0.493 e. The van der Waals surface area contributed by atoms with E-state index in [0.29, 0.717) is 29.0 Å². The van der Waals surface area contributed by atoms with Crippen molar-refractivity contribution in [2.75, 3.05) is 12.4 Å². The van der Waals surface area contributed by atoms with E-state index in [4.69, 9.17) is 4.74 Å². The van der Waals surface area contributed by atoms with Gasteiger partial charge in [-0.25, -0.2) is 18.3 Å². The quantitative estimate of drug-likeness (QED) is 0.529. The minimum atomic E-state index is -0.922. The minimum Gasteiger partial charge on any atom is -0.493 e. The summed E-state index contributed by atoms with van der Waals surface area (Å²) >= 11 is 1.41. The highest BCUT2D eigenvalue weighted by Crippen LogP contribution is 2.18. The number of aromatic nitrogens is 4. The fourth-order valence-corrected chi connectivity index (χ4v) is 2.70. The number of fused-ring (bicyclic) bond motifs is 1. The molecular formula is C15H14F2N4OS. The second-order valence-corrected chi connectivity index (χ2v) is 5.98. The Bertz CT molecular complexity index is 853. The van der Waals surface area contributed by atoms with Crippen molar-refractivity contribution < 1.29 is 13.5 Å². The molecule has 2 heterocycles. The van der Waals surface area contributed by atoms with Crippen LogP contribution in [-0.2, 0) is 0 Å². The van der Waals surface area contributed by atoms with Gasteiger partial charge in [-0.15, -0.1) is 5.10 Å². The van der Waals surface area contributed by atoms with Gasteiger partial charge in [0.1, 0.15) is 5.75 Å². The SMILES string of the molecule is Cc1cc(C)n2nc(SCCOc3ccc(F)c(F)c3)nc2n1. The van der Waals surface area contributed by atoms with Crippen LogP contribution in [0.4, 0.5) is 8.78 Å². The predicted molar refractivity (Wildman–Crippen MR) is 82.8 cm³/mol. The molecule has 2 aromatic heterocycles. The van der Waals surface area contributed by atoms with E-state index in [9.17, 15) is 8.78 Å². The van der Waals surface area contributed by atoms with Crippen molar-refractivity contribution in [3.8, 4) is 5.75 Å². The van der Waals surface area contributed by atoms with Crippen LogP contribution in [0.3, 0.4) is 0 Å². The van der Waals surface area contributed by atoms with Crippen LogP contribution in [0.1, 0.15) is 11.4 Å². The van der Waals surface area contributed by atoms with Crippen molar-refractivity contribution in [2.45, 2.75) is 19.0 Å². The Balaban J connectivity index is 1.58. The lowest BCUT2D eigenvalue weighted by Gasteiger charge is -2.05. The van der Waals surface area contributed by atoms with Crippen LogP contribution < -0.4 is 4.74 Å². The maximum Gasteiger partial charge on any atom is 0.253 e. The Morgan fingerprint density at radius 2 is 1.96 bits per heavy atom. The molecule has 0 aliphatic rings. The van der Waals surface area contributed by atoms with E-state index >= 15 is 0 Å². The molecular weight excluding hydrogens is 322 g/mol. The molecule has 23 heavy (non-hydrogen) atoms. The van der Waals surface area contributed by atoms with Gasteiger partial charge in [0.2, 0.25) is 5.16 Å². The van der Waals surface area contributed by atoms with E-state index in [0.717, 1.165) is 23.5 Å². The number of aryl methyl sites for hydroxylation is 2. The molecule has 0 radical (unpaired) electrons. The van der Waals surface area contributed by atoms with Gasteiger partial charge in [0.25, 0.3) is 5.78 Å². The number of rotatable bonds is 5. The molecule has 0 fully saturated rings. The van der Waals surface area contributed by atoms with Gasteiger partial charge in [-0.2, -0.15) is 4.98 Å². The van der Waals surface area contributed by atoms with Crippen molar-refractivity contribution in [2.24, 2.45) is 0 Å². The van der Waals surface area contributed by atoms with Gasteiger partial charge >= 0.3 is 0 Å². The first-order valence-electron chi connectivity index (χ1n) is 6.94. The molecule has 0 spiro atoms. The summed E-state index contributed by atoms with van der Waals surface area (Å²) in [5.41, 5.74) is 1.85. The molecule has 0 atom stereocenters. The molecule has 120 valence electrons. The van der Waals surface area contributed by atoms with Gasteiger partial charge < -0.3 is 4.74 Å². The maximum absolute atomic E-state index is 13.1. The zero-order valence-electron chi connectivity index (χ0n) is 12.6. The van der Waals surface area contributed by atoms with Gasteiger partial charge in [-0.05, 0) is 32.0 Å². The Morgan fingerprint density at radius 3 is 2.74 bits per heavy atom. The summed E-state index contributed by atoms with van der Waals surface area (Å²) in [5, 5.41) is 4.96. The normalized spacial score (nSPS) is 11.1. The number of hydrogen-bond donors (Lipinski definition) is 0. The smallest absolute Gasteiger partial charge is 0.253 e. The van der Waals surface area contributed by atoms with Crippen molar-refractivity contribution in [3.05, 3.63) is 47.3 Å². The number of ether oxygens (including phenoxy) is 1. The predicted octanol–water partition coefficient (Wildman–Crippen LogP) is 3.19. The average molecular weight is 336 g/mol. The van der Waals surface area contributed by atoms with Crippen LogP contribution in [-0.4, -0.2) is 31.9 Å². The van der Waals surface area contributed by atoms with Crippen LogP contribution in [0.15, 0.2) is 29.4 Å². The fraction of sp³-hybridized carbons (Fsp3) is 0.267. The Morgan fingerprint density at radius 1 is 1.13 bits per heavy atom. The lowest BCUT2D eigenvalue weighted by molar-refractivity contribution is 0.340. The first-order valence-corrected chi connectivity index (χ1v) is 7.93. The third kappa shape index (κ3) is 3.58. The highest BCUT2D eigenvalue weighted by atomic mass is 32.2. The zero-order chi connectivity index (χ0) is 16.4. The number of nitrogens with zero attached hydrogens (tertiary/aromatic N) is 4. The lowest BCUT2D eigenvalue weighted by Crippen LogP contribution is -2.01. The van der Waals surface area contributed by atoms with Gasteiger partial charge in [0.05, 0.1) is 6.61 Å². The maximum atomic E-state index is 13.1. The average Bonchev–Trinajstić information content (AvgIpc) is 2.90. The number of benzene rings is 1. The molecule has 0 N–H and O–H groups in total. The number of hydrogen-bond acceptors (Lipinski definition) is 5. The second kappa shape index (κ2) is 6.49. The molecule has 1 aromatic carbocycles. The van der Waals surface area contributed by atoms with Crippen LogP contribution in [0.2, 0.25) is 0 Å². The topological polar surface area (TPSA) is 52.3 Å². The van der Waals surface area contributed by atoms with Crippen LogP contribution in [0, 0.1) is 25.5 Å². The molecule has 5 nitrogen and oxygen atoms in total. The molecule has 3 rings (SSSR count). The van der Waals surface area contributed by atoms with Crippen molar-refractivity contribution >= 4 is 17.5 Å². The third-order valence-corrected chi connectivity index (χ3v) is 3.88. The summed E-state index contributed by atoms with van der Waals surface area (Å²) in [6.07, 6.45) is 0. The molecule has 0 amide bonds. The van der Waals surface area contributed by atoms with E-state index in [-0.39, 0.29) is 0 Å². The zero-order valence-corrected chi connectivity index (χ0v) is 13.4. The number of thioether (sulfide) groups is 1. The molecule has 0 saturated heterocycles. The van der Waals surface area contributed by atoms with Crippen molar-refractivity contribution in [1.29, 1.82) is 0 Å². The summed E-state index contributed by atoms with van der Waals surface area (Å²) in [4.78, 5) is 8.66. The first kappa shape index (κ1) is 15.7. The fourth-order valence-electron chi connectivity index (χ4n) is 2.07. The van der Waals surface area contributed by atoms with E-state index in [1.807, 2.05) is 19.9 Å². The van der Waals surface area contributed by atoms with E-state index in [1.54, 1.807) is 4.52 Å². The van der Waals surface area contributed by atoms with Crippen molar-refractivity contribution in [1.82, 2.24) is 19.6 Å². The molecule has 0 bridgehead atoms. The Kier molecular flexibility index (Phi) is 4.42. The van der Waals surface area contributed by atoms with E-state index < -0.39 is 11.6 Å². The summed E-state index contributed by atoms with van der Waals surface area (Å²) in [7, 11) is 0. The molecule has 0 saturated carbocycles. The number of halogens is 2. The summed E-state index contributed by atoms with van der Waals surface area (Å²) in [5.74, 6) is -0.381. The highest BCUT2D eigenvalue weighted by molar-refractivity contribution is 7.99. The second-order valence-electron chi connectivity index (χ2n) is 4.92. The third-order valence-electron chi connectivity index (χ3n) is 3.07. The lowest BCUT2D eigenvalue weighted by atomic mass is 10.3. The van der Waals surface area contributed by atoms with Gasteiger partial charge in [0, 0.05) is 23.2 Å². The van der Waals surface area contributed by atoms with Gasteiger partial charge in [-0.1, -0.05) is 11.8 Å². The van der Waals surface area contributed by atoms with E-state index in [2.05, 4.69) is 15.1 Å². The summed E-state index contributed by atoms with van der Waals surface area (Å²) in [6, 6.07) is 5.39. The molecule has 0 aliphatic heterocycles. The van der Waals surface area contributed by atoms with Crippen molar-refractivity contribution in [3.63, 3.8) is 0 Å². The van der Waals surface area contributed by atoms with Crippen LogP contribution in [0.25, 0.3) is 5.78 Å². The molecule has 0 aliphatic carbocycles. The Labute approximate surface area is 135 Å². The molecule has 8 heteroatoms. The van der Waals surface area contributed by atoms with E-state index in [1.165, 1.54) is 17.8 Å². The highest BCUT2D eigenvalue weighted by Gasteiger charge is 2.08. The van der Waals surface area contributed by atoms with Crippen LogP contribution >= 0.6 is 11.8 Å². The standard InChI is InChI=1S/C15H14F2N4OS/c1-9-7-10(2)21-14(18-9)19-15(20-21)23-6-5-22-11-3-4-12(16)13(17)8-11/h3-4,7-8H,5-6H2,1-2H3. The Hall–Kier alpha value is -2.22. The summed E-state index contributed by atoms with van der Waals surface area (Å²) in [6.45, 7) is 4.18. The first-order chi connectivity index (χ1) is 11.0. The van der Waals surface area contributed by atoms with Gasteiger partial charge in [-0.3, -0.25) is 0 Å². The monoisotopic (exact) mass is 336 g/mol.